The highest BCUT2D eigenvalue weighted by Crippen LogP contribution is 2.68. The maximum Gasteiger partial charge on any atom is 0.412 e. The van der Waals surface area contributed by atoms with Crippen molar-refractivity contribution in [3.8, 4) is 0 Å². The Balaban J connectivity index is 0.749. The van der Waals surface area contributed by atoms with Crippen molar-refractivity contribution in [1.29, 1.82) is 0 Å². The van der Waals surface area contributed by atoms with E-state index in [9.17, 15) is 44.9 Å². The number of aliphatic hydroxyl groups is 4. The summed E-state index contributed by atoms with van der Waals surface area (Å²) in [5.41, 5.74) is 0.967. The molecule has 372 valence electrons. The second-order valence-corrected chi connectivity index (χ2v) is 20.8. The van der Waals surface area contributed by atoms with Crippen molar-refractivity contribution in [3.63, 3.8) is 0 Å². The Kier molecular flexibility index (Phi) is 15.3. The van der Waals surface area contributed by atoms with Gasteiger partial charge in [0.2, 0.25) is 5.91 Å². The lowest BCUT2D eigenvalue weighted by atomic mass is 9.43. The minimum atomic E-state index is -0.859. The number of ether oxygens (including phenoxy) is 3. The van der Waals surface area contributed by atoms with E-state index in [2.05, 4.69) is 46.4 Å². The van der Waals surface area contributed by atoms with Gasteiger partial charge in [-0.1, -0.05) is 39.3 Å². The van der Waals surface area contributed by atoms with Crippen molar-refractivity contribution in [2.45, 2.75) is 154 Å². The van der Waals surface area contributed by atoms with Crippen LogP contribution in [0.1, 0.15) is 122 Å². The van der Waals surface area contributed by atoms with Gasteiger partial charge in [0, 0.05) is 44.4 Å². The van der Waals surface area contributed by atoms with Crippen molar-refractivity contribution in [1.82, 2.24) is 24.8 Å². The number of nitro groups is 1. The highest BCUT2D eigenvalue weighted by atomic mass is 16.6. The molecule has 0 spiro atoms. The fourth-order valence-electron chi connectivity index (χ4n) is 13.3. The first-order chi connectivity index (χ1) is 32.6. The van der Waals surface area contributed by atoms with Crippen molar-refractivity contribution < 1.29 is 53.9 Å². The fraction of sp³-hybridized carbons (Fsp3) is 0.714. The number of aliphatic hydroxyl groups excluding tert-OH is 4. The average molecular weight is 948 g/mol. The molecule has 19 heteroatoms. The first-order valence-electron chi connectivity index (χ1n) is 24.7. The van der Waals surface area contributed by atoms with Crippen molar-refractivity contribution in [2.75, 3.05) is 25.1 Å². The summed E-state index contributed by atoms with van der Waals surface area (Å²) in [4.78, 5) is 62.0. The van der Waals surface area contributed by atoms with Crippen LogP contribution in [0.4, 0.5) is 16.3 Å². The van der Waals surface area contributed by atoms with Gasteiger partial charge in [0.15, 0.2) is 23.2 Å². The number of non-ortho nitro benzene ring substituents is 1. The molecule has 1 aliphatic heterocycles. The van der Waals surface area contributed by atoms with E-state index in [0.717, 1.165) is 50.5 Å². The Morgan fingerprint density at radius 3 is 2.54 bits per heavy atom. The number of carbonyl (C=O) groups excluding carboxylic acids is 3. The van der Waals surface area contributed by atoms with Gasteiger partial charge in [-0.15, -0.1) is 0 Å². The van der Waals surface area contributed by atoms with Gasteiger partial charge >= 0.3 is 12.1 Å². The van der Waals surface area contributed by atoms with Gasteiger partial charge < -0.3 is 40.0 Å². The number of amides is 2. The summed E-state index contributed by atoms with van der Waals surface area (Å²) in [6.45, 7) is 7.01. The average Bonchev–Trinajstić information content (AvgIpc) is 4.03. The zero-order valence-electron chi connectivity index (χ0n) is 39.4. The normalized spacial score (nSPS) is 33.5. The lowest BCUT2D eigenvalue weighted by molar-refractivity contribution is -0.384. The summed E-state index contributed by atoms with van der Waals surface area (Å²) in [5.74, 6) is 1.08. The molecule has 0 radical (unpaired) electrons. The third kappa shape index (κ3) is 10.2. The number of carbonyl (C=O) groups is 3. The minimum Gasteiger partial charge on any atom is -0.457 e. The molecular formula is C49H69N7O12. The zero-order valence-corrected chi connectivity index (χ0v) is 39.4. The minimum absolute atomic E-state index is 0.00610. The summed E-state index contributed by atoms with van der Waals surface area (Å²) in [5, 5.41) is 60.4. The smallest absolute Gasteiger partial charge is 0.412 e. The highest BCUT2D eigenvalue weighted by molar-refractivity contribution is 5.93. The monoisotopic (exact) mass is 948 g/mol. The van der Waals surface area contributed by atoms with Gasteiger partial charge in [0.05, 0.1) is 48.9 Å². The maximum absolute atomic E-state index is 13.1. The Labute approximate surface area is 396 Å². The molecule has 19 nitrogen and oxygen atoms in total. The van der Waals surface area contributed by atoms with Crippen LogP contribution in [0.15, 0.2) is 36.9 Å². The van der Waals surface area contributed by atoms with Crippen LogP contribution >= 0.6 is 0 Å². The SMILES string of the molecule is C[C@H](CCC(=O)NCCCCCC(=O)O[C@@H]1C[C@@H](CO)O[C@H]1n1cnc2c(NC(=O)OCCc3ccc([N+](=O)[O-])cc3)ncnc21)[C@H]1CC[C@H]2[C@@H]3[C@H](O)C[C@@H]4C[C@H](O)CC[C@]4(C)[C@H]3C[C@H](O)[C@]12C. The van der Waals surface area contributed by atoms with E-state index in [1.165, 1.54) is 24.8 Å². The molecule has 4 aliphatic carbocycles. The zero-order chi connectivity index (χ0) is 48.3. The van der Waals surface area contributed by atoms with Crippen molar-refractivity contribution in [2.24, 2.45) is 46.3 Å². The summed E-state index contributed by atoms with van der Waals surface area (Å²) in [6.07, 6.45) is 8.16. The number of hydrogen-bond acceptors (Lipinski definition) is 15. The van der Waals surface area contributed by atoms with Crippen molar-refractivity contribution >= 4 is 40.6 Å². The van der Waals surface area contributed by atoms with Gasteiger partial charge in [0.1, 0.15) is 12.4 Å². The highest BCUT2D eigenvalue weighted by Gasteiger charge is 2.65. The van der Waals surface area contributed by atoms with Gasteiger partial charge in [-0.25, -0.2) is 19.7 Å². The summed E-state index contributed by atoms with van der Waals surface area (Å²) >= 11 is 0. The number of imidazole rings is 1. The molecule has 14 atom stereocenters. The van der Waals surface area contributed by atoms with E-state index >= 15 is 0 Å². The molecule has 0 bridgehead atoms. The van der Waals surface area contributed by atoms with E-state index in [4.69, 9.17) is 14.2 Å². The molecule has 5 aliphatic rings. The standard InChI is InChI=1S/C49H69N7O12/c1-28(34-13-14-35-42-36(24-39(60)49(34,35)3)48(2)18-16-32(58)21-30(48)22-37(42)59)8-15-40(61)50-19-6-4-5-7-41(62)68-38-23-33(25-57)67-46(38)55-27-53-43-44(51-26-52-45(43)55)54-47(63)66-20-17-29-9-11-31(12-10-29)56(64)65/h9-12,26-28,30,32-39,42,46,57-60H,4-8,13-25H2,1-3H3,(H,50,61)(H,51,52,54,63)/t28-,30+,32-,33+,34-,35+,36+,37-,38-,39+,42+,46-,48+,49-/m1/s1. The fourth-order valence-corrected chi connectivity index (χ4v) is 13.3. The third-order valence-corrected chi connectivity index (χ3v) is 17.0. The number of rotatable bonds is 18. The van der Waals surface area contributed by atoms with Crippen molar-refractivity contribution in [3.05, 3.63) is 52.6 Å². The molecule has 0 unspecified atom stereocenters. The van der Waals surface area contributed by atoms with Crippen LogP contribution in [0.2, 0.25) is 0 Å². The second kappa shape index (κ2) is 21.0. The van der Waals surface area contributed by atoms with E-state index in [1.54, 1.807) is 16.7 Å². The number of hydrogen-bond donors (Lipinski definition) is 6. The molecule has 68 heavy (non-hydrogen) atoms. The molecule has 5 fully saturated rings. The number of aromatic nitrogens is 4. The number of nitro benzene ring substituents is 1. The van der Waals surface area contributed by atoms with Crippen LogP contribution in [0, 0.1) is 56.5 Å². The number of benzene rings is 1. The molecule has 2 amide bonds. The lowest BCUT2D eigenvalue weighted by Crippen LogP contribution is -2.62. The Hall–Kier alpha value is -4.82. The number of anilines is 1. The topological polar surface area (TPSA) is 271 Å². The van der Waals surface area contributed by atoms with E-state index in [1.807, 2.05) is 0 Å². The predicted octanol–water partition coefficient (Wildman–Crippen LogP) is 5.77. The quantitative estimate of drug-likeness (QED) is 0.0382. The van der Waals surface area contributed by atoms with Gasteiger partial charge in [0.25, 0.3) is 5.69 Å². The van der Waals surface area contributed by atoms with Crippen LogP contribution in [0.3, 0.4) is 0 Å². The lowest BCUT2D eigenvalue weighted by Gasteiger charge is -2.63. The second-order valence-electron chi connectivity index (χ2n) is 20.8. The summed E-state index contributed by atoms with van der Waals surface area (Å²) < 4.78 is 18.8. The molecule has 1 aromatic carbocycles. The van der Waals surface area contributed by atoms with Crippen LogP contribution in [0.5, 0.6) is 0 Å². The molecule has 3 aromatic rings. The Bertz CT molecular complexity index is 2260. The largest absolute Gasteiger partial charge is 0.457 e. The van der Waals surface area contributed by atoms with E-state index in [0.29, 0.717) is 50.7 Å². The molecule has 4 saturated carbocycles. The van der Waals surface area contributed by atoms with E-state index in [-0.39, 0.29) is 101 Å². The third-order valence-electron chi connectivity index (χ3n) is 17.0. The van der Waals surface area contributed by atoms with Gasteiger partial charge in [-0.3, -0.25) is 29.6 Å². The first kappa shape index (κ1) is 49.6. The maximum atomic E-state index is 13.1. The molecule has 1 saturated heterocycles. The number of fused-ring (bicyclic) bond motifs is 6. The molecule has 3 heterocycles. The molecule has 6 N–H and O–H groups in total. The molecular weight excluding hydrogens is 879 g/mol. The number of nitrogens with zero attached hydrogens (tertiary/aromatic N) is 5. The predicted molar refractivity (Wildman–Crippen MR) is 246 cm³/mol. The van der Waals surface area contributed by atoms with Crippen LogP contribution < -0.4 is 10.6 Å². The number of nitrogens with one attached hydrogen (secondary N) is 2. The molecule has 8 rings (SSSR count). The summed E-state index contributed by atoms with van der Waals surface area (Å²) in [6, 6.07) is 5.95. The van der Waals surface area contributed by atoms with Gasteiger partial charge in [-0.2, -0.15) is 0 Å². The first-order valence-corrected chi connectivity index (χ1v) is 24.7. The van der Waals surface area contributed by atoms with Gasteiger partial charge in [-0.05, 0) is 116 Å². The number of esters is 1. The Morgan fingerprint density at radius 2 is 1.78 bits per heavy atom. The molecule has 2 aromatic heterocycles. The van der Waals surface area contributed by atoms with Crippen LogP contribution in [-0.2, 0) is 30.2 Å². The van der Waals surface area contributed by atoms with E-state index < -0.39 is 47.6 Å². The Morgan fingerprint density at radius 1 is 0.985 bits per heavy atom. The number of unbranched alkanes of at least 4 members (excludes halogenated alkanes) is 2. The van der Waals surface area contributed by atoms with Crippen LogP contribution in [0.25, 0.3) is 11.2 Å². The van der Waals surface area contributed by atoms with Crippen LogP contribution in [-0.4, -0.2) is 113 Å². The summed E-state index contributed by atoms with van der Waals surface area (Å²) in [7, 11) is 0.